The van der Waals surface area contributed by atoms with Crippen molar-refractivity contribution in [2.75, 3.05) is 19.6 Å². The van der Waals surface area contributed by atoms with Gasteiger partial charge in [0.1, 0.15) is 24.2 Å². The molecule has 1 saturated heterocycles. The summed E-state index contributed by atoms with van der Waals surface area (Å²) >= 11 is 0. The molecular formula is C18H20N6O2. The van der Waals surface area contributed by atoms with Crippen LogP contribution in [-0.4, -0.2) is 50.2 Å². The van der Waals surface area contributed by atoms with E-state index in [9.17, 15) is 4.79 Å². The zero-order valence-corrected chi connectivity index (χ0v) is 14.3. The summed E-state index contributed by atoms with van der Waals surface area (Å²) in [6.07, 6.45) is 8.72. The molecule has 26 heavy (non-hydrogen) atoms. The van der Waals surface area contributed by atoms with Crippen molar-refractivity contribution in [2.45, 2.75) is 18.9 Å². The lowest BCUT2D eigenvalue weighted by atomic mass is 10.2. The Kier molecular flexibility index (Phi) is 4.74. The number of aromatic nitrogens is 4. The molecule has 1 atom stereocenters. The molecule has 0 spiro atoms. The quantitative estimate of drug-likeness (QED) is 0.728. The Morgan fingerprint density at radius 1 is 1.19 bits per heavy atom. The maximum Gasteiger partial charge on any atom is 0.252 e. The van der Waals surface area contributed by atoms with Gasteiger partial charge in [0.15, 0.2) is 0 Å². The molecule has 8 heteroatoms. The van der Waals surface area contributed by atoms with Gasteiger partial charge in [-0.1, -0.05) is 0 Å². The average Bonchev–Trinajstić information content (AvgIpc) is 3.45. The number of hydrogen-bond donors (Lipinski definition) is 1. The molecule has 0 saturated carbocycles. The number of rotatable bonds is 6. The summed E-state index contributed by atoms with van der Waals surface area (Å²) in [6.45, 7) is 2.55. The number of furan rings is 1. The third-order valence-corrected chi connectivity index (χ3v) is 4.60. The molecule has 0 bridgehead atoms. The van der Waals surface area contributed by atoms with Crippen molar-refractivity contribution in [1.29, 1.82) is 0 Å². The Morgan fingerprint density at radius 3 is 2.65 bits per heavy atom. The summed E-state index contributed by atoms with van der Waals surface area (Å²) in [5.41, 5.74) is 0.515. The zero-order valence-electron chi connectivity index (χ0n) is 14.3. The Balaban J connectivity index is 1.42. The summed E-state index contributed by atoms with van der Waals surface area (Å²) in [5, 5.41) is 10.5. The Hall–Kier alpha value is -3.00. The Morgan fingerprint density at radius 2 is 2.00 bits per heavy atom. The van der Waals surface area contributed by atoms with Crippen molar-refractivity contribution in [3.8, 4) is 5.82 Å². The molecule has 4 heterocycles. The highest BCUT2D eigenvalue weighted by Gasteiger charge is 2.26. The van der Waals surface area contributed by atoms with Crippen LogP contribution < -0.4 is 5.32 Å². The maximum absolute atomic E-state index is 12.5. The lowest BCUT2D eigenvalue weighted by Gasteiger charge is -2.26. The number of nitrogens with one attached hydrogen (secondary N) is 1. The van der Waals surface area contributed by atoms with Crippen molar-refractivity contribution < 1.29 is 9.21 Å². The van der Waals surface area contributed by atoms with Gasteiger partial charge in [-0.2, -0.15) is 0 Å². The van der Waals surface area contributed by atoms with Crippen molar-refractivity contribution in [1.82, 2.24) is 30.0 Å². The fourth-order valence-corrected chi connectivity index (χ4v) is 3.23. The van der Waals surface area contributed by atoms with Crippen LogP contribution in [0.4, 0.5) is 0 Å². The molecule has 1 N–H and O–H groups in total. The number of amides is 1. The number of carbonyl (C=O) groups excluding carboxylic acids is 1. The van der Waals surface area contributed by atoms with E-state index in [4.69, 9.17) is 4.42 Å². The van der Waals surface area contributed by atoms with Gasteiger partial charge in [-0.25, -0.2) is 4.98 Å². The predicted molar refractivity (Wildman–Crippen MR) is 93.7 cm³/mol. The van der Waals surface area contributed by atoms with Gasteiger partial charge in [0.2, 0.25) is 0 Å². The fourth-order valence-electron chi connectivity index (χ4n) is 3.23. The minimum atomic E-state index is -0.149. The second-order valence-electron chi connectivity index (χ2n) is 6.26. The first-order chi connectivity index (χ1) is 12.8. The molecule has 4 rings (SSSR count). The van der Waals surface area contributed by atoms with Crippen LogP contribution in [-0.2, 0) is 0 Å². The number of hydrogen-bond acceptors (Lipinski definition) is 6. The van der Waals surface area contributed by atoms with Gasteiger partial charge in [0.05, 0.1) is 17.9 Å². The third-order valence-electron chi connectivity index (χ3n) is 4.60. The van der Waals surface area contributed by atoms with Crippen LogP contribution in [0.5, 0.6) is 0 Å². The first-order valence-electron chi connectivity index (χ1n) is 8.68. The molecule has 3 aromatic rings. The molecule has 0 aromatic carbocycles. The summed E-state index contributed by atoms with van der Waals surface area (Å²) in [7, 11) is 0. The molecule has 1 aliphatic heterocycles. The highest BCUT2D eigenvalue weighted by Crippen LogP contribution is 2.25. The predicted octanol–water partition coefficient (Wildman–Crippen LogP) is 1.82. The molecule has 134 valence electrons. The highest BCUT2D eigenvalue weighted by molar-refractivity contribution is 5.93. The third kappa shape index (κ3) is 3.50. The van der Waals surface area contributed by atoms with Crippen LogP contribution >= 0.6 is 0 Å². The van der Waals surface area contributed by atoms with E-state index in [2.05, 4.69) is 25.4 Å². The van der Waals surface area contributed by atoms with Gasteiger partial charge in [-0.3, -0.25) is 14.3 Å². The van der Waals surface area contributed by atoms with E-state index in [0.29, 0.717) is 17.9 Å². The molecule has 0 aliphatic carbocycles. The van der Waals surface area contributed by atoms with Crippen LogP contribution in [0.1, 0.15) is 35.0 Å². The van der Waals surface area contributed by atoms with Crippen molar-refractivity contribution in [3.63, 3.8) is 0 Å². The van der Waals surface area contributed by atoms with Gasteiger partial charge in [-0.05, 0) is 50.2 Å². The van der Waals surface area contributed by atoms with Gasteiger partial charge in [0, 0.05) is 12.7 Å². The van der Waals surface area contributed by atoms with E-state index in [-0.39, 0.29) is 11.9 Å². The molecule has 8 nitrogen and oxygen atoms in total. The SMILES string of the molecule is O=C(NC[C@@H](c1ccco1)N1CCCC1)c1ccc(-n2cnnc2)nc1. The van der Waals surface area contributed by atoms with E-state index in [0.717, 1.165) is 18.8 Å². The number of nitrogens with zero attached hydrogens (tertiary/aromatic N) is 5. The number of carbonyl (C=O) groups is 1. The second kappa shape index (κ2) is 7.49. The molecule has 1 fully saturated rings. The van der Waals surface area contributed by atoms with Crippen molar-refractivity contribution in [2.24, 2.45) is 0 Å². The van der Waals surface area contributed by atoms with Gasteiger partial charge >= 0.3 is 0 Å². The summed E-state index contributed by atoms with van der Waals surface area (Å²) in [6, 6.07) is 7.41. The Labute approximate surface area is 150 Å². The summed E-state index contributed by atoms with van der Waals surface area (Å²) < 4.78 is 7.27. The van der Waals surface area contributed by atoms with E-state index >= 15 is 0 Å². The molecule has 1 aliphatic rings. The van der Waals surface area contributed by atoms with Crippen LogP contribution in [0, 0.1) is 0 Å². The van der Waals surface area contributed by atoms with Gasteiger partial charge in [-0.15, -0.1) is 10.2 Å². The minimum Gasteiger partial charge on any atom is -0.468 e. The number of pyridine rings is 1. The molecular weight excluding hydrogens is 332 g/mol. The second-order valence-corrected chi connectivity index (χ2v) is 6.26. The van der Waals surface area contributed by atoms with E-state index < -0.39 is 0 Å². The highest BCUT2D eigenvalue weighted by atomic mass is 16.3. The lowest BCUT2D eigenvalue weighted by Crippen LogP contribution is -2.36. The minimum absolute atomic E-state index is 0.0562. The van der Waals surface area contributed by atoms with Crippen molar-refractivity contribution in [3.05, 3.63) is 60.7 Å². The van der Waals surface area contributed by atoms with Gasteiger partial charge < -0.3 is 9.73 Å². The molecule has 1 amide bonds. The largest absolute Gasteiger partial charge is 0.468 e. The average molecular weight is 352 g/mol. The summed E-state index contributed by atoms with van der Waals surface area (Å²) in [4.78, 5) is 19.1. The smallest absolute Gasteiger partial charge is 0.252 e. The van der Waals surface area contributed by atoms with Crippen molar-refractivity contribution >= 4 is 5.91 Å². The first-order valence-corrected chi connectivity index (χ1v) is 8.68. The summed E-state index contributed by atoms with van der Waals surface area (Å²) in [5.74, 6) is 1.40. The number of likely N-dealkylation sites (tertiary alicyclic amines) is 1. The van der Waals surface area contributed by atoms with E-state index in [1.165, 1.54) is 12.8 Å². The normalized spacial score (nSPS) is 15.8. The van der Waals surface area contributed by atoms with Crippen LogP contribution in [0.3, 0.4) is 0 Å². The van der Waals surface area contributed by atoms with Crippen LogP contribution in [0.25, 0.3) is 5.82 Å². The molecule has 0 radical (unpaired) electrons. The molecule has 3 aromatic heterocycles. The first kappa shape index (κ1) is 16.5. The lowest BCUT2D eigenvalue weighted by molar-refractivity contribution is 0.0933. The zero-order chi connectivity index (χ0) is 17.8. The molecule has 0 unspecified atom stereocenters. The topological polar surface area (TPSA) is 89.1 Å². The van der Waals surface area contributed by atoms with Crippen LogP contribution in [0.2, 0.25) is 0 Å². The van der Waals surface area contributed by atoms with Gasteiger partial charge in [0.25, 0.3) is 5.91 Å². The Bertz CT molecular complexity index is 823. The monoisotopic (exact) mass is 352 g/mol. The van der Waals surface area contributed by atoms with Crippen LogP contribution in [0.15, 0.2) is 53.8 Å². The fraction of sp³-hybridized carbons (Fsp3) is 0.333. The maximum atomic E-state index is 12.5. The van der Waals surface area contributed by atoms with E-state index in [1.54, 1.807) is 41.8 Å². The van der Waals surface area contributed by atoms with E-state index in [1.807, 2.05) is 12.1 Å². The standard InChI is InChI=1S/C18H20N6O2/c25-18(14-5-6-17(19-10-14)24-12-21-22-13-24)20-11-15(16-4-3-9-26-16)23-7-1-2-8-23/h3-6,9-10,12-13,15H,1-2,7-8,11H2,(H,20,25)/t15-/m0/s1.